The topological polar surface area (TPSA) is 61.4 Å². The van der Waals surface area contributed by atoms with E-state index in [1.807, 2.05) is 20.8 Å². The second kappa shape index (κ2) is 9.88. The van der Waals surface area contributed by atoms with Crippen molar-refractivity contribution in [2.24, 2.45) is 0 Å². The minimum atomic E-state index is -0.0531. The molecule has 0 aromatic rings. The Balaban J connectivity index is 3.71. The van der Waals surface area contributed by atoms with E-state index in [2.05, 4.69) is 17.6 Å². The average molecular weight is 257 g/mol. The number of rotatable bonds is 9. The average Bonchev–Trinajstić information content (AvgIpc) is 2.37. The molecule has 106 valence electrons. The first kappa shape index (κ1) is 16.9. The molecular weight excluding hydrogens is 230 g/mol. The quantitative estimate of drug-likeness (QED) is 0.641. The van der Waals surface area contributed by atoms with Gasteiger partial charge in [0.1, 0.15) is 0 Å². The molecule has 0 bridgehead atoms. The van der Waals surface area contributed by atoms with Gasteiger partial charge in [-0.25, -0.2) is 0 Å². The summed E-state index contributed by atoms with van der Waals surface area (Å²) < 4.78 is 0. The summed E-state index contributed by atoms with van der Waals surface area (Å²) in [5, 5.41) is 5.86. The third kappa shape index (κ3) is 7.27. The molecule has 0 spiro atoms. The molecular formula is C13H27N3O2. The Morgan fingerprint density at radius 1 is 1.17 bits per heavy atom. The number of hydrogen-bond donors (Lipinski definition) is 2. The van der Waals surface area contributed by atoms with E-state index in [4.69, 9.17) is 0 Å². The smallest absolute Gasteiger partial charge is 0.233 e. The maximum atomic E-state index is 11.7. The van der Waals surface area contributed by atoms with Gasteiger partial charge in [0.05, 0.1) is 6.54 Å². The van der Waals surface area contributed by atoms with Gasteiger partial charge in [-0.2, -0.15) is 0 Å². The van der Waals surface area contributed by atoms with Crippen molar-refractivity contribution in [1.29, 1.82) is 0 Å². The van der Waals surface area contributed by atoms with E-state index in [1.165, 1.54) is 0 Å². The second-order valence-electron chi connectivity index (χ2n) is 4.36. The molecule has 0 heterocycles. The molecule has 0 saturated heterocycles. The monoisotopic (exact) mass is 257 g/mol. The van der Waals surface area contributed by atoms with Crippen LogP contribution in [0.5, 0.6) is 0 Å². The van der Waals surface area contributed by atoms with Crippen molar-refractivity contribution in [1.82, 2.24) is 15.5 Å². The zero-order valence-electron chi connectivity index (χ0n) is 12.1. The summed E-state index contributed by atoms with van der Waals surface area (Å²) in [6.45, 7) is 10.2. The predicted molar refractivity (Wildman–Crippen MR) is 73.3 cm³/mol. The highest BCUT2D eigenvalue weighted by Gasteiger charge is 2.09. The molecule has 0 fully saturated rings. The first-order valence-electron chi connectivity index (χ1n) is 6.82. The van der Waals surface area contributed by atoms with Gasteiger partial charge in [-0.05, 0) is 27.2 Å². The van der Waals surface area contributed by atoms with E-state index in [-0.39, 0.29) is 11.8 Å². The molecule has 0 rings (SSSR count). The lowest BCUT2D eigenvalue weighted by atomic mass is 10.2. The predicted octanol–water partition coefficient (Wildman–Crippen LogP) is 0.749. The largest absolute Gasteiger partial charge is 0.354 e. The van der Waals surface area contributed by atoms with Crippen LogP contribution in [0.1, 0.15) is 40.5 Å². The lowest BCUT2D eigenvalue weighted by Gasteiger charge is -2.18. The van der Waals surface area contributed by atoms with Crippen LogP contribution in [0, 0.1) is 0 Å². The van der Waals surface area contributed by atoms with Gasteiger partial charge < -0.3 is 15.5 Å². The summed E-state index contributed by atoms with van der Waals surface area (Å²) in [6.07, 6.45) is 1.37. The van der Waals surface area contributed by atoms with Crippen LogP contribution >= 0.6 is 0 Å². The number of nitrogens with one attached hydrogen (secondary N) is 2. The summed E-state index contributed by atoms with van der Waals surface area (Å²) in [5.41, 5.74) is 0. The van der Waals surface area contributed by atoms with Crippen molar-refractivity contribution in [2.45, 2.75) is 46.6 Å². The maximum absolute atomic E-state index is 11.7. The SMILES string of the molecule is CCC(C)NCC(=O)NCCC(=O)N(CC)CC. The van der Waals surface area contributed by atoms with E-state index in [1.54, 1.807) is 4.90 Å². The second-order valence-corrected chi connectivity index (χ2v) is 4.36. The highest BCUT2D eigenvalue weighted by Crippen LogP contribution is 1.92. The highest BCUT2D eigenvalue weighted by molar-refractivity contribution is 5.80. The van der Waals surface area contributed by atoms with Gasteiger partial charge >= 0.3 is 0 Å². The fourth-order valence-corrected chi connectivity index (χ4v) is 1.52. The van der Waals surface area contributed by atoms with Crippen LogP contribution in [0.3, 0.4) is 0 Å². The molecule has 18 heavy (non-hydrogen) atoms. The van der Waals surface area contributed by atoms with E-state index in [9.17, 15) is 9.59 Å². The molecule has 0 aliphatic carbocycles. The Hall–Kier alpha value is -1.10. The number of hydrogen-bond acceptors (Lipinski definition) is 3. The number of carbonyl (C=O) groups excluding carboxylic acids is 2. The zero-order valence-corrected chi connectivity index (χ0v) is 12.1. The van der Waals surface area contributed by atoms with Crippen molar-refractivity contribution < 1.29 is 9.59 Å². The lowest BCUT2D eigenvalue weighted by Crippen LogP contribution is -2.39. The van der Waals surface area contributed by atoms with Crippen LogP contribution in [0.25, 0.3) is 0 Å². The fourth-order valence-electron chi connectivity index (χ4n) is 1.52. The van der Waals surface area contributed by atoms with Gasteiger partial charge in [0.2, 0.25) is 11.8 Å². The molecule has 1 unspecified atom stereocenters. The van der Waals surface area contributed by atoms with Crippen molar-refractivity contribution in [3.63, 3.8) is 0 Å². The van der Waals surface area contributed by atoms with E-state index < -0.39 is 0 Å². The third-order valence-corrected chi connectivity index (χ3v) is 3.00. The Morgan fingerprint density at radius 3 is 2.28 bits per heavy atom. The Bertz CT molecular complexity index is 253. The minimum Gasteiger partial charge on any atom is -0.354 e. The summed E-state index contributed by atoms with van der Waals surface area (Å²) in [4.78, 5) is 24.9. The number of nitrogens with zero attached hydrogens (tertiary/aromatic N) is 1. The molecule has 0 aliphatic rings. The maximum Gasteiger partial charge on any atom is 0.233 e. The molecule has 5 nitrogen and oxygen atoms in total. The van der Waals surface area contributed by atoms with E-state index in [0.717, 1.165) is 19.5 Å². The summed E-state index contributed by atoms with van der Waals surface area (Å²) in [6, 6.07) is 0.341. The molecule has 2 amide bonds. The molecule has 0 aliphatic heterocycles. The first-order valence-corrected chi connectivity index (χ1v) is 6.82. The van der Waals surface area contributed by atoms with Crippen molar-refractivity contribution in [3.8, 4) is 0 Å². The van der Waals surface area contributed by atoms with Crippen LogP contribution in [0.2, 0.25) is 0 Å². The molecule has 0 radical (unpaired) electrons. The Labute approximate surface area is 110 Å². The molecule has 5 heteroatoms. The van der Waals surface area contributed by atoms with Crippen molar-refractivity contribution >= 4 is 11.8 Å². The molecule has 0 saturated carbocycles. The highest BCUT2D eigenvalue weighted by atomic mass is 16.2. The normalized spacial score (nSPS) is 12.0. The van der Waals surface area contributed by atoms with Gasteiger partial charge in [-0.3, -0.25) is 9.59 Å². The van der Waals surface area contributed by atoms with Crippen molar-refractivity contribution in [2.75, 3.05) is 26.2 Å². The fraction of sp³-hybridized carbons (Fsp3) is 0.846. The Morgan fingerprint density at radius 2 is 1.78 bits per heavy atom. The van der Waals surface area contributed by atoms with Gasteiger partial charge in [0.15, 0.2) is 0 Å². The van der Waals surface area contributed by atoms with Gasteiger partial charge in [-0.15, -0.1) is 0 Å². The van der Waals surface area contributed by atoms with Crippen LogP contribution < -0.4 is 10.6 Å². The molecule has 0 aromatic carbocycles. The van der Waals surface area contributed by atoms with Gasteiger partial charge in [0.25, 0.3) is 0 Å². The minimum absolute atomic E-state index is 0.0531. The lowest BCUT2D eigenvalue weighted by molar-refractivity contribution is -0.130. The summed E-state index contributed by atoms with van der Waals surface area (Å²) in [5.74, 6) is 0.0397. The van der Waals surface area contributed by atoms with E-state index >= 15 is 0 Å². The summed E-state index contributed by atoms with van der Waals surface area (Å²) >= 11 is 0. The third-order valence-electron chi connectivity index (χ3n) is 3.00. The van der Waals surface area contributed by atoms with Gasteiger partial charge in [-0.1, -0.05) is 6.92 Å². The standard InChI is InChI=1S/C13H27N3O2/c1-5-11(4)15-10-12(17)14-9-8-13(18)16(6-2)7-3/h11,15H,5-10H2,1-4H3,(H,14,17). The molecule has 0 aromatic heterocycles. The van der Waals surface area contributed by atoms with Crippen LogP contribution in [-0.2, 0) is 9.59 Å². The first-order chi connectivity index (χ1) is 8.54. The van der Waals surface area contributed by atoms with Crippen LogP contribution in [-0.4, -0.2) is 48.9 Å². The summed E-state index contributed by atoms with van der Waals surface area (Å²) in [7, 11) is 0. The molecule has 1 atom stereocenters. The van der Waals surface area contributed by atoms with Gasteiger partial charge in [0, 0.05) is 32.1 Å². The van der Waals surface area contributed by atoms with Crippen LogP contribution in [0.15, 0.2) is 0 Å². The Kier molecular flexibility index (Phi) is 9.28. The number of carbonyl (C=O) groups is 2. The number of amides is 2. The zero-order chi connectivity index (χ0) is 14.0. The van der Waals surface area contributed by atoms with E-state index in [0.29, 0.717) is 25.6 Å². The van der Waals surface area contributed by atoms with Crippen molar-refractivity contribution in [3.05, 3.63) is 0 Å². The van der Waals surface area contributed by atoms with Crippen LogP contribution in [0.4, 0.5) is 0 Å². The molecule has 2 N–H and O–H groups in total.